The molecule has 6 nitrogen and oxygen atoms in total. The van der Waals surface area contributed by atoms with Gasteiger partial charge in [0, 0.05) is 31.2 Å². The largest absolute Gasteiger partial charge is 0.493 e. The van der Waals surface area contributed by atoms with Crippen molar-refractivity contribution in [2.24, 2.45) is 0 Å². The number of carbonyl (C=O) groups is 1. The Morgan fingerprint density at radius 1 is 1.09 bits per heavy atom. The standard InChI is InChI=1S/C16H24N2O4/c1-11-10-18(7-6-17(11)2)16(19)12-8-13(20-3)15(22-5)14(9-12)21-4/h8-9,11H,6-7,10H2,1-5H3. The number of rotatable bonds is 4. The third-order valence-electron chi connectivity index (χ3n) is 4.16. The molecule has 1 amide bonds. The van der Waals surface area contributed by atoms with Crippen molar-refractivity contribution in [3.05, 3.63) is 17.7 Å². The Morgan fingerprint density at radius 2 is 1.68 bits per heavy atom. The maximum atomic E-state index is 12.7. The average Bonchev–Trinajstić information content (AvgIpc) is 2.55. The summed E-state index contributed by atoms with van der Waals surface area (Å²) in [6.07, 6.45) is 0. The quantitative estimate of drug-likeness (QED) is 0.843. The molecule has 2 rings (SSSR count). The second-order valence-electron chi connectivity index (χ2n) is 5.49. The first-order chi connectivity index (χ1) is 10.5. The fourth-order valence-electron chi connectivity index (χ4n) is 2.62. The van der Waals surface area contributed by atoms with Gasteiger partial charge >= 0.3 is 0 Å². The second-order valence-corrected chi connectivity index (χ2v) is 5.49. The summed E-state index contributed by atoms with van der Waals surface area (Å²) in [7, 11) is 6.71. The zero-order chi connectivity index (χ0) is 16.3. The van der Waals surface area contributed by atoms with Crippen LogP contribution >= 0.6 is 0 Å². The van der Waals surface area contributed by atoms with Gasteiger partial charge in [-0.05, 0) is 26.1 Å². The lowest BCUT2D eigenvalue weighted by atomic mass is 10.1. The number of nitrogens with zero attached hydrogens (tertiary/aromatic N) is 2. The zero-order valence-electron chi connectivity index (χ0n) is 13.9. The van der Waals surface area contributed by atoms with Gasteiger partial charge in [-0.3, -0.25) is 4.79 Å². The molecular weight excluding hydrogens is 284 g/mol. The number of likely N-dealkylation sites (N-methyl/N-ethyl adjacent to an activating group) is 1. The van der Waals surface area contributed by atoms with Crippen LogP contribution in [-0.2, 0) is 0 Å². The van der Waals surface area contributed by atoms with Crippen molar-refractivity contribution in [1.82, 2.24) is 9.80 Å². The van der Waals surface area contributed by atoms with Gasteiger partial charge < -0.3 is 24.0 Å². The molecule has 1 atom stereocenters. The van der Waals surface area contributed by atoms with E-state index in [1.165, 1.54) is 0 Å². The molecular formula is C16H24N2O4. The summed E-state index contributed by atoms with van der Waals surface area (Å²) in [6, 6.07) is 3.75. The van der Waals surface area contributed by atoms with E-state index in [4.69, 9.17) is 14.2 Å². The summed E-state index contributed by atoms with van der Waals surface area (Å²) in [5.74, 6) is 1.47. The molecule has 0 bridgehead atoms. The summed E-state index contributed by atoms with van der Waals surface area (Å²) >= 11 is 0. The molecule has 1 unspecified atom stereocenters. The molecule has 122 valence electrons. The van der Waals surface area contributed by atoms with E-state index >= 15 is 0 Å². The predicted molar refractivity (Wildman–Crippen MR) is 84.1 cm³/mol. The third-order valence-corrected chi connectivity index (χ3v) is 4.16. The van der Waals surface area contributed by atoms with E-state index < -0.39 is 0 Å². The van der Waals surface area contributed by atoms with Gasteiger partial charge in [-0.2, -0.15) is 0 Å². The van der Waals surface area contributed by atoms with Crippen LogP contribution in [0.2, 0.25) is 0 Å². The Hall–Kier alpha value is -1.95. The van der Waals surface area contributed by atoms with Crippen molar-refractivity contribution < 1.29 is 19.0 Å². The van der Waals surface area contributed by atoms with Crippen LogP contribution in [0.25, 0.3) is 0 Å². The van der Waals surface area contributed by atoms with Crippen LogP contribution in [-0.4, -0.2) is 69.8 Å². The molecule has 0 aromatic heterocycles. The average molecular weight is 308 g/mol. The molecule has 1 saturated heterocycles. The van der Waals surface area contributed by atoms with Crippen molar-refractivity contribution in [3.8, 4) is 17.2 Å². The van der Waals surface area contributed by atoms with Gasteiger partial charge in [0.1, 0.15) is 0 Å². The molecule has 0 aliphatic carbocycles. The molecule has 0 spiro atoms. The minimum absolute atomic E-state index is 0.0146. The SMILES string of the molecule is COc1cc(C(=O)N2CCN(C)C(C)C2)cc(OC)c1OC. The summed E-state index contributed by atoms with van der Waals surface area (Å²) in [6.45, 7) is 4.42. The first kappa shape index (κ1) is 16.4. The molecule has 0 saturated carbocycles. The van der Waals surface area contributed by atoms with E-state index in [1.807, 2.05) is 4.90 Å². The Kier molecular flexibility index (Phi) is 5.13. The van der Waals surface area contributed by atoms with Crippen molar-refractivity contribution >= 4 is 5.91 Å². The fraction of sp³-hybridized carbons (Fsp3) is 0.562. The molecule has 1 heterocycles. The Bertz CT molecular complexity index is 522. The van der Waals surface area contributed by atoms with E-state index in [9.17, 15) is 4.79 Å². The highest BCUT2D eigenvalue weighted by Gasteiger charge is 2.26. The van der Waals surface area contributed by atoms with Crippen LogP contribution in [0.15, 0.2) is 12.1 Å². The normalized spacial score (nSPS) is 19.0. The number of piperazine rings is 1. The first-order valence-corrected chi connectivity index (χ1v) is 7.31. The minimum atomic E-state index is -0.0146. The molecule has 6 heteroatoms. The van der Waals surface area contributed by atoms with Gasteiger partial charge in [0.15, 0.2) is 11.5 Å². The lowest BCUT2D eigenvalue weighted by molar-refractivity contribution is 0.0571. The van der Waals surface area contributed by atoms with Gasteiger partial charge in [-0.1, -0.05) is 0 Å². The third kappa shape index (κ3) is 3.11. The van der Waals surface area contributed by atoms with Crippen molar-refractivity contribution in [2.45, 2.75) is 13.0 Å². The number of benzene rings is 1. The second kappa shape index (κ2) is 6.87. The highest BCUT2D eigenvalue weighted by molar-refractivity contribution is 5.95. The van der Waals surface area contributed by atoms with Crippen LogP contribution in [0, 0.1) is 0 Å². The highest BCUT2D eigenvalue weighted by Crippen LogP contribution is 2.38. The van der Waals surface area contributed by atoms with E-state index in [1.54, 1.807) is 33.5 Å². The maximum Gasteiger partial charge on any atom is 0.254 e. The van der Waals surface area contributed by atoms with Crippen LogP contribution in [0.4, 0.5) is 0 Å². The molecule has 1 aliphatic heterocycles. The molecule has 22 heavy (non-hydrogen) atoms. The van der Waals surface area contributed by atoms with E-state index in [2.05, 4.69) is 18.9 Å². The number of amides is 1. The number of carbonyl (C=O) groups excluding carboxylic acids is 1. The first-order valence-electron chi connectivity index (χ1n) is 7.31. The summed E-state index contributed by atoms with van der Waals surface area (Å²) in [5.41, 5.74) is 0.547. The number of hydrogen-bond donors (Lipinski definition) is 0. The minimum Gasteiger partial charge on any atom is -0.493 e. The van der Waals surface area contributed by atoms with Gasteiger partial charge in [-0.15, -0.1) is 0 Å². The number of ether oxygens (including phenoxy) is 3. The molecule has 1 aromatic carbocycles. The lowest BCUT2D eigenvalue weighted by Gasteiger charge is -2.37. The monoisotopic (exact) mass is 308 g/mol. The zero-order valence-corrected chi connectivity index (χ0v) is 13.9. The highest BCUT2D eigenvalue weighted by atomic mass is 16.5. The Balaban J connectivity index is 2.30. The van der Waals surface area contributed by atoms with Crippen LogP contribution in [0.3, 0.4) is 0 Å². The summed E-state index contributed by atoms with van der Waals surface area (Å²) in [5, 5.41) is 0. The fourth-order valence-corrected chi connectivity index (χ4v) is 2.62. The van der Waals surface area contributed by atoms with Crippen LogP contribution < -0.4 is 14.2 Å². The van der Waals surface area contributed by atoms with Gasteiger partial charge in [0.25, 0.3) is 5.91 Å². The summed E-state index contributed by atoms with van der Waals surface area (Å²) in [4.78, 5) is 16.9. The predicted octanol–water partition coefficient (Wildman–Crippen LogP) is 1.49. The van der Waals surface area contributed by atoms with Gasteiger partial charge in [0.2, 0.25) is 5.75 Å². The Morgan fingerprint density at radius 3 is 2.14 bits per heavy atom. The lowest BCUT2D eigenvalue weighted by Crippen LogP contribution is -2.52. The van der Waals surface area contributed by atoms with Crippen LogP contribution in [0.1, 0.15) is 17.3 Å². The molecule has 0 N–H and O–H groups in total. The molecule has 1 aliphatic rings. The van der Waals surface area contributed by atoms with E-state index in [0.717, 1.165) is 13.1 Å². The van der Waals surface area contributed by atoms with E-state index in [0.29, 0.717) is 35.4 Å². The molecule has 0 radical (unpaired) electrons. The molecule has 1 aromatic rings. The summed E-state index contributed by atoms with van der Waals surface area (Å²) < 4.78 is 15.9. The van der Waals surface area contributed by atoms with E-state index in [-0.39, 0.29) is 5.91 Å². The van der Waals surface area contributed by atoms with Crippen molar-refractivity contribution in [2.75, 3.05) is 48.0 Å². The number of methoxy groups -OCH3 is 3. The number of hydrogen-bond acceptors (Lipinski definition) is 5. The van der Waals surface area contributed by atoms with Crippen molar-refractivity contribution in [1.29, 1.82) is 0 Å². The smallest absolute Gasteiger partial charge is 0.254 e. The van der Waals surface area contributed by atoms with Crippen LogP contribution in [0.5, 0.6) is 17.2 Å². The van der Waals surface area contributed by atoms with Gasteiger partial charge in [-0.25, -0.2) is 0 Å². The van der Waals surface area contributed by atoms with Crippen molar-refractivity contribution in [3.63, 3.8) is 0 Å². The van der Waals surface area contributed by atoms with Gasteiger partial charge in [0.05, 0.1) is 21.3 Å². The maximum absolute atomic E-state index is 12.7. The topological polar surface area (TPSA) is 51.2 Å². The Labute approximate surface area is 131 Å². The molecule has 1 fully saturated rings.